The van der Waals surface area contributed by atoms with Gasteiger partial charge >= 0.3 is 0 Å². The van der Waals surface area contributed by atoms with Crippen molar-refractivity contribution in [1.29, 1.82) is 0 Å². The fraction of sp³-hybridized carbons (Fsp3) is 0.150. The lowest BCUT2D eigenvalue weighted by Crippen LogP contribution is -2.17. The summed E-state index contributed by atoms with van der Waals surface area (Å²) in [5.74, 6) is 0.563. The standard InChI is InChI=1S/C20H17N3O2/c1-12-19(23-20(25)13-5-3-2-4-6-13)22-17-10-7-14-11-15(24)8-9-16(14)18(17)21-12/h2-6,8-9,11,24H,7,10H2,1H3,(H,22,23,25). The van der Waals surface area contributed by atoms with Crippen molar-refractivity contribution in [1.82, 2.24) is 9.97 Å². The number of hydrogen-bond acceptors (Lipinski definition) is 4. The molecular weight excluding hydrogens is 314 g/mol. The molecule has 0 atom stereocenters. The number of rotatable bonds is 2. The zero-order valence-electron chi connectivity index (χ0n) is 13.8. The number of nitrogens with zero attached hydrogens (tertiary/aromatic N) is 2. The lowest BCUT2D eigenvalue weighted by molar-refractivity contribution is 0.102. The number of aromatic nitrogens is 2. The Balaban J connectivity index is 1.69. The minimum Gasteiger partial charge on any atom is -0.508 e. The summed E-state index contributed by atoms with van der Waals surface area (Å²) in [6.07, 6.45) is 1.52. The highest BCUT2D eigenvalue weighted by molar-refractivity contribution is 6.04. The quantitative estimate of drug-likeness (QED) is 0.753. The van der Waals surface area contributed by atoms with Crippen molar-refractivity contribution in [3.05, 3.63) is 71.0 Å². The molecule has 2 aromatic carbocycles. The Morgan fingerprint density at radius 3 is 2.68 bits per heavy atom. The molecule has 0 fully saturated rings. The van der Waals surface area contributed by atoms with Gasteiger partial charge in [0, 0.05) is 11.1 Å². The number of carbonyl (C=O) groups is 1. The predicted molar refractivity (Wildman–Crippen MR) is 95.7 cm³/mol. The maximum atomic E-state index is 12.4. The Bertz CT molecular complexity index is 968. The smallest absolute Gasteiger partial charge is 0.256 e. The number of amides is 1. The average molecular weight is 331 g/mol. The monoisotopic (exact) mass is 331 g/mol. The van der Waals surface area contributed by atoms with Crippen molar-refractivity contribution in [3.8, 4) is 17.0 Å². The molecule has 5 heteroatoms. The highest BCUT2D eigenvalue weighted by Crippen LogP contribution is 2.34. The number of carbonyl (C=O) groups excluding carboxylic acids is 1. The first kappa shape index (κ1) is 15.3. The van der Waals surface area contributed by atoms with E-state index in [1.807, 2.05) is 31.2 Å². The van der Waals surface area contributed by atoms with Crippen molar-refractivity contribution < 1.29 is 9.90 Å². The van der Waals surface area contributed by atoms with Gasteiger partial charge < -0.3 is 10.4 Å². The second-order valence-electron chi connectivity index (χ2n) is 6.11. The van der Waals surface area contributed by atoms with Gasteiger partial charge in [0.1, 0.15) is 5.75 Å². The number of fused-ring (bicyclic) bond motifs is 3. The first-order chi connectivity index (χ1) is 12.1. The first-order valence-corrected chi connectivity index (χ1v) is 8.18. The molecule has 0 saturated carbocycles. The summed E-state index contributed by atoms with van der Waals surface area (Å²) in [5.41, 5.74) is 5.02. The van der Waals surface area contributed by atoms with Crippen molar-refractivity contribution in [2.75, 3.05) is 5.32 Å². The minimum absolute atomic E-state index is 0.195. The molecule has 124 valence electrons. The predicted octanol–water partition coefficient (Wildman–Crippen LogP) is 3.51. The van der Waals surface area contributed by atoms with Crippen LogP contribution in [0.2, 0.25) is 0 Å². The molecule has 25 heavy (non-hydrogen) atoms. The molecule has 2 N–H and O–H groups in total. The molecular formula is C20H17N3O2. The molecule has 1 aliphatic rings. The number of hydrogen-bond donors (Lipinski definition) is 2. The zero-order chi connectivity index (χ0) is 17.4. The Morgan fingerprint density at radius 2 is 1.88 bits per heavy atom. The largest absolute Gasteiger partial charge is 0.508 e. The van der Waals surface area contributed by atoms with Crippen LogP contribution in [-0.4, -0.2) is 21.0 Å². The van der Waals surface area contributed by atoms with E-state index < -0.39 is 0 Å². The van der Waals surface area contributed by atoms with E-state index in [1.165, 1.54) is 0 Å². The van der Waals surface area contributed by atoms with Crippen LogP contribution in [0.1, 0.15) is 27.3 Å². The molecule has 1 aromatic heterocycles. The third kappa shape index (κ3) is 2.85. The van der Waals surface area contributed by atoms with Gasteiger partial charge in [-0.05, 0) is 55.7 Å². The molecule has 1 aliphatic carbocycles. The number of aromatic hydroxyl groups is 1. The molecule has 5 nitrogen and oxygen atoms in total. The van der Waals surface area contributed by atoms with Crippen LogP contribution in [0.3, 0.4) is 0 Å². The van der Waals surface area contributed by atoms with Crippen LogP contribution in [0.15, 0.2) is 48.5 Å². The van der Waals surface area contributed by atoms with Gasteiger partial charge in [-0.25, -0.2) is 9.97 Å². The number of nitrogens with one attached hydrogen (secondary N) is 1. The van der Waals surface area contributed by atoms with Gasteiger partial charge in [0.15, 0.2) is 5.82 Å². The van der Waals surface area contributed by atoms with Crippen molar-refractivity contribution in [3.63, 3.8) is 0 Å². The van der Waals surface area contributed by atoms with Gasteiger partial charge in [-0.15, -0.1) is 0 Å². The molecule has 3 aromatic rings. The first-order valence-electron chi connectivity index (χ1n) is 8.18. The lowest BCUT2D eigenvalue weighted by Gasteiger charge is -2.20. The zero-order valence-corrected chi connectivity index (χ0v) is 13.8. The molecule has 0 unspecified atom stereocenters. The number of phenols is 1. The van der Waals surface area contributed by atoms with Crippen LogP contribution >= 0.6 is 0 Å². The molecule has 0 aliphatic heterocycles. The van der Waals surface area contributed by atoms with Crippen LogP contribution in [0.25, 0.3) is 11.3 Å². The van der Waals surface area contributed by atoms with Gasteiger partial charge in [0.2, 0.25) is 0 Å². The van der Waals surface area contributed by atoms with E-state index in [0.29, 0.717) is 17.1 Å². The molecule has 0 saturated heterocycles. The Hall–Kier alpha value is -3.21. The third-order valence-electron chi connectivity index (χ3n) is 4.39. The van der Waals surface area contributed by atoms with E-state index in [0.717, 1.165) is 35.4 Å². The molecule has 0 radical (unpaired) electrons. The summed E-state index contributed by atoms with van der Waals surface area (Å²) in [6.45, 7) is 1.84. The van der Waals surface area contributed by atoms with E-state index in [4.69, 9.17) is 0 Å². The summed E-state index contributed by atoms with van der Waals surface area (Å²) in [4.78, 5) is 21.7. The molecule has 1 heterocycles. The third-order valence-corrected chi connectivity index (χ3v) is 4.39. The summed E-state index contributed by atoms with van der Waals surface area (Å²) >= 11 is 0. The van der Waals surface area contributed by atoms with E-state index in [-0.39, 0.29) is 11.7 Å². The van der Waals surface area contributed by atoms with Crippen molar-refractivity contribution in [2.45, 2.75) is 19.8 Å². The van der Waals surface area contributed by atoms with Crippen LogP contribution < -0.4 is 5.32 Å². The van der Waals surface area contributed by atoms with Crippen LogP contribution in [0, 0.1) is 6.92 Å². The number of anilines is 1. The fourth-order valence-electron chi connectivity index (χ4n) is 3.10. The summed E-state index contributed by atoms with van der Waals surface area (Å²) < 4.78 is 0. The Labute approximate surface area is 145 Å². The SMILES string of the molecule is Cc1nc2c(nc1NC(=O)c1ccccc1)CCc1cc(O)ccc1-2. The van der Waals surface area contributed by atoms with Gasteiger partial charge in [0.25, 0.3) is 5.91 Å². The molecule has 4 rings (SSSR count). The number of phenolic OH excluding ortho intramolecular Hbond substituents is 1. The van der Waals surface area contributed by atoms with Crippen molar-refractivity contribution >= 4 is 11.7 Å². The molecule has 0 bridgehead atoms. The average Bonchev–Trinajstić information content (AvgIpc) is 2.63. The summed E-state index contributed by atoms with van der Waals surface area (Å²) in [7, 11) is 0. The number of benzene rings is 2. The van der Waals surface area contributed by atoms with Gasteiger partial charge in [-0.2, -0.15) is 0 Å². The highest BCUT2D eigenvalue weighted by atomic mass is 16.3. The second-order valence-corrected chi connectivity index (χ2v) is 6.11. The highest BCUT2D eigenvalue weighted by Gasteiger charge is 2.21. The van der Waals surface area contributed by atoms with Crippen LogP contribution in [0.4, 0.5) is 5.82 Å². The molecule has 0 spiro atoms. The van der Waals surface area contributed by atoms with E-state index in [1.54, 1.807) is 24.3 Å². The fourth-order valence-corrected chi connectivity index (χ4v) is 3.10. The topological polar surface area (TPSA) is 75.1 Å². The Morgan fingerprint density at radius 1 is 1.08 bits per heavy atom. The van der Waals surface area contributed by atoms with Crippen LogP contribution in [0.5, 0.6) is 5.75 Å². The van der Waals surface area contributed by atoms with E-state index in [9.17, 15) is 9.90 Å². The number of aryl methyl sites for hydroxylation is 3. The van der Waals surface area contributed by atoms with E-state index in [2.05, 4.69) is 15.3 Å². The van der Waals surface area contributed by atoms with E-state index >= 15 is 0 Å². The second kappa shape index (κ2) is 6.02. The minimum atomic E-state index is -0.195. The Kier molecular flexibility index (Phi) is 3.69. The lowest BCUT2D eigenvalue weighted by atomic mass is 9.91. The van der Waals surface area contributed by atoms with Crippen molar-refractivity contribution in [2.24, 2.45) is 0 Å². The normalized spacial score (nSPS) is 12.2. The maximum absolute atomic E-state index is 12.4. The summed E-state index contributed by atoms with van der Waals surface area (Å²) in [6, 6.07) is 14.4. The van der Waals surface area contributed by atoms with Gasteiger partial charge in [0.05, 0.1) is 17.1 Å². The summed E-state index contributed by atoms with van der Waals surface area (Å²) in [5, 5.41) is 12.5. The van der Waals surface area contributed by atoms with Crippen LogP contribution in [-0.2, 0) is 12.8 Å². The molecule has 1 amide bonds. The maximum Gasteiger partial charge on any atom is 0.256 e. The van der Waals surface area contributed by atoms with Gasteiger partial charge in [-0.3, -0.25) is 4.79 Å². The van der Waals surface area contributed by atoms with Gasteiger partial charge in [-0.1, -0.05) is 18.2 Å².